The first kappa shape index (κ1) is 20.7. The van der Waals surface area contributed by atoms with Gasteiger partial charge in [-0.25, -0.2) is 4.79 Å². The summed E-state index contributed by atoms with van der Waals surface area (Å²) >= 11 is 0. The molecule has 2 atom stereocenters. The van der Waals surface area contributed by atoms with Crippen molar-refractivity contribution in [3.8, 4) is 11.5 Å². The first-order valence-electron chi connectivity index (χ1n) is 10.3. The highest BCUT2D eigenvalue weighted by Gasteiger charge is 2.50. The van der Waals surface area contributed by atoms with E-state index in [0.29, 0.717) is 17.1 Å². The summed E-state index contributed by atoms with van der Waals surface area (Å²) in [5.74, 6) is 0.226. The van der Waals surface area contributed by atoms with Gasteiger partial charge in [-0.3, -0.25) is 14.5 Å². The van der Waals surface area contributed by atoms with Gasteiger partial charge in [-0.2, -0.15) is 0 Å². The standard InChI is InChI=1S/C23H25N3O5/c1-3-7-17(15-8-5-4-6-9-15)24-20(27)13-26-21(28)23(2,25-22(26)29)16-10-11-18-19(12-16)31-14-30-18/h4-6,8-12,17H,3,7,13-14H2,1-2H3,(H,24,27)(H,25,29). The third-order valence-corrected chi connectivity index (χ3v) is 5.64. The minimum atomic E-state index is -1.29. The Hall–Kier alpha value is -3.55. The van der Waals surface area contributed by atoms with Crippen LogP contribution in [0.25, 0.3) is 0 Å². The average Bonchev–Trinajstić information content (AvgIpc) is 3.32. The van der Waals surface area contributed by atoms with E-state index in [1.54, 1.807) is 25.1 Å². The minimum Gasteiger partial charge on any atom is -0.454 e. The third-order valence-electron chi connectivity index (χ3n) is 5.64. The second-order valence-corrected chi connectivity index (χ2v) is 7.83. The highest BCUT2D eigenvalue weighted by molar-refractivity contribution is 6.09. The molecule has 0 saturated carbocycles. The van der Waals surface area contributed by atoms with Crippen LogP contribution in [0.15, 0.2) is 48.5 Å². The zero-order valence-corrected chi connectivity index (χ0v) is 17.5. The average molecular weight is 423 g/mol. The van der Waals surface area contributed by atoms with Crippen LogP contribution < -0.4 is 20.1 Å². The maximum Gasteiger partial charge on any atom is 0.325 e. The molecule has 1 saturated heterocycles. The number of hydrogen-bond acceptors (Lipinski definition) is 5. The van der Waals surface area contributed by atoms with E-state index in [0.717, 1.165) is 23.3 Å². The number of benzene rings is 2. The fourth-order valence-corrected chi connectivity index (χ4v) is 3.92. The van der Waals surface area contributed by atoms with Gasteiger partial charge >= 0.3 is 6.03 Å². The molecule has 2 aromatic carbocycles. The Morgan fingerprint density at radius 2 is 1.90 bits per heavy atom. The topological polar surface area (TPSA) is 97.0 Å². The highest BCUT2D eigenvalue weighted by atomic mass is 16.7. The summed E-state index contributed by atoms with van der Waals surface area (Å²) in [6.07, 6.45) is 1.63. The van der Waals surface area contributed by atoms with Gasteiger partial charge in [0.25, 0.3) is 5.91 Å². The van der Waals surface area contributed by atoms with Crippen molar-refractivity contribution in [2.24, 2.45) is 0 Å². The quantitative estimate of drug-likeness (QED) is 0.668. The van der Waals surface area contributed by atoms with Gasteiger partial charge < -0.3 is 20.1 Å². The molecule has 0 bridgehead atoms. The summed E-state index contributed by atoms with van der Waals surface area (Å²) < 4.78 is 10.7. The number of fused-ring (bicyclic) bond motifs is 1. The Morgan fingerprint density at radius 3 is 2.65 bits per heavy atom. The third kappa shape index (κ3) is 3.93. The van der Waals surface area contributed by atoms with Gasteiger partial charge in [0.05, 0.1) is 6.04 Å². The lowest BCUT2D eigenvalue weighted by atomic mass is 9.91. The molecule has 31 heavy (non-hydrogen) atoms. The molecular formula is C23H25N3O5. The fourth-order valence-electron chi connectivity index (χ4n) is 3.92. The Kier molecular flexibility index (Phi) is 5.54. The van der Waals surface area contributed by atoms with Crippen molar-refractivity contribution in [2.45, 2.75) is 38.3 Å². The molecule has 1 fully saturated rings. The largest absolute Gasteiger partial charge is 0.454 e. The summed E-state index contributed by atoms with van der Waals surface area (Å²) in [6.45, 7) is 3.42. The molecule has 2 unspecified atom stereocenters. The van der Waals surface area contributed by atoms with E-state index in [9.17, 15) is 14.4 Å². The van der Waals surface area contributed by atoms with E-state index in [1.807, 2.05) is 37.3 Å². The summed E-state index contributed by atoms with van der Waals surface area (Å²) in [4.78, 5) is 39.4. The zero-order valence-electron chi connectivity index (χ0n) is 17.5. The molecule has 0 aromatic heterocycles. The lowest BCUT2D eigenvalue weighted by molar-refractivity contribution is -0.135. The molecule has 2 aromatic rings. The number of urea groups is 1. The number of carbonyl (C=O) groups is 3. The Morgan fingerprint density at radius 1 is 1.16 bits per heavy atom. The van der Waals surface area contributed by atoms with Crippen molar-refractivity contribution >= 4 is 17.8 Å². The van der Waals surface area contributed by atoms with Crippen molar-refractivity contribution in [1.29, 1.82) is 0 Å². The summed E-state index contributed by atoms with van der Waals surface area (Å²) in [7, 11) is 0. The fraction of sp³-hybridized carbons (Fsp3) is 0.348. The Labute approximate surface area is 180 Å². The smallest absolute Gasteiger partial charge is 0.325 e. The second kappa shape index (κ2) is 8.29. The van der Waals surface area contributed by atoms with E-state index >= 15 is 0 Å². The van der Waals surface area contributed by atoms with E-state index in [-0.39, 0.29) is 25.3 Å². The van der Waals surface area contributed by atoms with E-state index < -0.39 is 17.5 Å². The molecule has 0 spiro atoms. The van der Waals surface area contributed by atoms with Crippen molar-refractivity contribution in [2.75, 3.05) is 13.3 Å². The van der Waals surface area contributed by atoms with Gasteiger partial charge in [-0.15, -0.1) is 0 Å². The van der Waals surface area contributed by atoms with Gasteiger partial charge in [0, 0.05) is 0 Å². The number of hydrogen-bond donors (Lipinski definition) is 2. The van der Waals surface area contributed by atoms with Crippen LogP contribution in [0.1, 0.15) is 43.9 Å². The predicted octanol–water partition coefficient (Wildman–Crippen LogP) is 2.84. The first-order chi connectivity index (χ1) is 14.9. The molecule has 0 aliphatic carbocycles. The SMILES string of the molecule is CCCC(NC(=O)CN1C(=O)NC(C)(c2ccc3c(c2)OCO3)C1=O)c1ccccc1. The van der Waals surface area contributed by atoms with Gasteiger partial charge in [0.2, 0.25) is 12.7 Å². The summed E-state index contributed by atoms with van der Waals surface area (Å²) in [6, 6.07) is 13.9. The van der Waals surface area contributed by atoms with Crippen molar-refractivity contribution < 1.29 is 23.9 Å². The molecule has 2 aliphatic rings. The minimum absolute atomic E-state index is 0.114. The van der Waals surface area contributed by atoms with Crippen LogP contribution in [0.2, 0.25) is 0 Å². The van der Waals surface area contributed by atoms with Crippen molar-refractivity contribution in [3.05, 3.63) is 59.7 Å². The normalized spacial score (nSPS) is 20.5. The van der Waals surface area contributed by atoms with Crippen LogP contribution in [0, 0.1) is 0 Å². The van der Waals surface area contributed by atoms with Crippen molar-refractivity contribution in [1.82, 2.24) is 15.5 Å². The summed E-state index contributed by atoms with van der Waals surface area (Å²) in [5, 5.41) is 5.67. The lowest BCUT2D eigenvalue weighted by Crippen LogP contribution is -2.43. The number of rotatable bonds is 7. The molecule has 8 heteroatoms. The first-order valence-corrected chi connectivity index (χ1v) is 10.3. The summed E-state index contributed by atoms with van der Waals surface area (Å²) in [5.41, 5.74) is 0.256. The lowest BCUT2D eigenvalue weighted by Gasteiger charge is -2.23. The van der Waals surface area contributed by atoms with E-state index in [2.05, 4.69) is 10.6 Å². The van der Waals surface area contributed by atoms with Gasteiger partial charge in [-0.05, 0) is 36.6 Å². The van der Waals surface area contributed by atoms with Crippen LogP contribution in [-0.2, 0) is 15.1 Å². The Balaban J connectivity index is 1.48. The number of nitrogens with one attached hydrogen (secondary N) is 2. The molecule has 2 N–H and O–H groups in total. The number of amides is 4. The molecule has 4 rings (SSSR count). The van der Waals surface area contributed by atoms with Crippen LogP contribution >= 0.6 is 0 Å². The molecule has 0 radical (unpaired) electrons. The van der Waals surface area contributed by atoms with Gasteiger partial charge in [-0.1, -0.05) is 49.7 Å². The number of imide groups is 1. The molecule has 4 amide bonds. The number of nitrogens with zero attached hydrogens (tertiary/aromatic N) is 1. The van der Waals surface area contributed by atoms with Gasteiger partial charge in [0.15, 0.2) is 11.5 Å². The highest BCUT2D eigenvalue weighted by Crippen LogP contribution is 2.37. The second-order valence-electron chi connectivity index (χ2n) is 7.83. The maximum atomic E-state index is 13.1. The molecule has 2 aliphatic heterocycles. The van der Waals surface area contributed by atoms with Gasteiger partial charge in [0.1, 0.15) is 12.1 Å². The van der Waals surface area contributed by atoms with E-state index in [4.69, 9.17) is 9.47 Å². The molecule has 162 valence electrons. The number of carbonyl (C=O) groups excluding carboxylic acids is 3. The Bertz CT molecular complexity index is 1010. The van der Waals surface area contributed by atoms with Crippen molar-refractivity contribution in [3.63, 3.8) is 0 Å². The number of ether oxygens (including phenoxy) is 2. The van der Waals surface area contributed by atoms with Crippen LogP contribution in [-0.4, -0.2) is 36.1 Å². The maximum absolute atomic E-state index is 13.1. The van der Waals surface area contributed by atoms with Crippen LogP contribution in [0.4, 0.5) is 4.79 Å². The van der Waals surface area contributed by atoms with Crippen LogP contribution in [0.5, 0.6) is 11.5 Å². The molecule has 8 nitrogen and oxygen atoms in total. The van der Waals surface area contributed by atoms with Crippen LogP contribution in [0.3, 0.4) is 0 Å². The molecule has 2 heterocycles. The monoisotopic (exact) mass is 423 g/mol. The zero-order chi connectivity index (χ0) is 22.0. The predicted molar refractivity (Wildman–Crippen MR) is 112 cm³/mol. The molecular weight excluding hydrogens is 398 g/mol. The van der Waals surface area contributed by atoms with E-state index in [1.165, 1.54) is 0 Å².